The molecule has 0 atom stereocenters. The zero-order valence-corrected chi connectivity index (χ0v) is 17.1. The topological polar surface area (TPSA) is 115 Å². The van der Waals surface area contributed by atoms with Crippen molar-refractivity contribution in [1.82, 2.24) is 5.32 Å². The van der Waals surface area contributed by atoms with Gasteiger partial charge >= 0.3 is 0 Å². The summed E-state index contributed by atoms with van der Waals surface area (Å²) >= 11 is 0. The second-order valence-electron chi connectivity index (χ2n) is 7.27. The standard InChI is InChI=1S/C25H25N3O3/c26-23(29)19-11-6-10-18(15-19)21-13-12-20(24(27)30)16-22(21)25(31)28-14-5-4-9-17-7-2-1-3-8-17/h1-3,6-8,10-13,15-16H,4-5,9,14H2,(H2,26,29)(H2,27,30)(H,28,31). The highest BCUT2D eigenvalue weighted by Gasteiger charge is 2.16. The van der Waals surface area contributed by atoms with E-state index >= 15 is 0 Å². The first kappa shape index (κ1) is 21.8. The van der Waals surface area contributed by atoms with Crippen LogP contribution < -0.4 is 16.8 Å². The minimum atomic E-state index is -0.616. The minimum Gasteiger partial charge on any atom is -0.366 e. The van der Waals surface area contributed by atoms with Crippen LogP contribution in [-0.2, 0) is 6.42 Å². The summed E-state index contributed by atoms with van der Waals surface area (Å²) in [6.45, 7) is 0.507. The number of carbonyl (C=O) groups excluding carboxylic acids is 3. The molecule has 0 aliphatic carbocycles. The van der Waals surface area contributed by atoms with Crippen LogP contribution in [-0.4, -0.2) is 24.3 Å². The highest BCUT2D eigenvalue weighted by Crippen LogP contribution is 2.26. The van der Waals surface area contributed by atoms with E-state index in [-0.39, 0.29) is 11.5 Å². The van der Waals surface area contributed by atoms with Gasteiger partial charge in [-0.3, -0.25) is 14.4 Å². The van der Waals surface area contributed by atoms with Crippen LogP contribution in [0.1, 0.15) is 49.5 Å². The van der Waals surface area contributed by atoms with Crippen molar-refractivity contribution in [1.29, 1.82) is 0 Å². The zero-order valence-electron chi connectivity index (χ0n) is 17.1. The van der Waals surface area contributed by atoms with Crippen LogP contribution in [0.4, 0.5) is 0 Å². The lowest BCUT2D eigenvalue weighted by Crippen LogP contribution is -2.26. The van der Waals surface area contributed by atoms with Crippen LogP contribution in [0.2, 0.25) is 0 Å². The summed E-state index contributed by atoms with van der Waals surface area (Å²) in [5, 5.41) is 2.92. The van der Waals surface area contributed by atoms with Crippen molar-refractivity contribution in [3.63, 3.8) is 0 Å². The van der Waals surface area contributed by atoms with Crippen molar-refractivity contribution >= 4 is 17.7 Å². The molecule has 0 fully saturated rings. The maximum absolute atomic E-state index is 12.9. The molecule has 0 spiro atoms. The normalized spacial score (nSPS) is 10.5. The number of primary amides is 2. The third-order valence-corrected chi connectivity index (χ3v) is 5.03. The molecule has 0 aliphatic heterocycles. The lowest BCUT2D eigenvalue weighted by atomic mass is 9.95. The Morgan fingerprint density at radius 2 is 1.45 bits per heavy atom. The van der Waals surface area contributed by atoms with Gasteiger partial charge in [-0.25, -0.2) is 0 Å². The Morgan fingerprint density at radius 3 is 2.16 bits per heavy atom. The van der Waals surface area contributed by atoms with Gasteiger partial charge in [0.2, 0.25) is 11.8 Å². The SMILES string of the molecule is NC(=O)c1cccc(-c2ccc(C(N)=O)cc2C(=O)NCCCCc2ccccc2)c1. The maximum Gasteiger partial charge on any atom is 0.251 e. The molecule has 0 saturated heterocycles. The molecular weight excluding hydrogens is 390 g/mol. The Hall–Kier alpha value is -3.93. The lowest BCUT2D eigenvalue weighted by Gasteiger charge is -2.12. The molecule has 31 heavy (non-hydrogen) atoms. The Kier molecular flexibility index (Phi) is 7.17. The van der Waals surface area contributed by atoms with Crippen LogP contribution >= 0.6 is 0 Å². The fraction of sp³-hybridized carbons (Fsp3) is 0.160. The van der Waals surface area contributed by atoms with E-state index in [1.165, 1.54) is 11.6 Å². The van der Waals surface area contributed by atoms with E-state index in [4.69, 9.17) is 11.5 Å². The summed E-state index contributed by atoms with van der Waals surface area (Å²) in [5.41, 5.74) is 14.2. The van der Waals surface area contributed by atoms with Crippen LogP contribution in [0.5, 0.6) is 0 Å². The maximum atomic E-state index is 12.9. The molecule has 3 rings (SSSR count). The highest BCUT2D eigenvalue weighted by molar-refractivity contribution is 6.04. The predicted molar refractivity (Wildman–Crippen MR) is 121 cm³/mol. The molecule has 0 heterocycles. The molecule has 3 amide bonds. The molecule has 0 saturated carbocycles. The van der Waals surface area contributed by atoms with Gasteiger partial charge in [-0.05, 0) is 60.2 Å². The summed E-state index contributed by atoms with van der Waals surface area (Å²) in [7, 11) is 0. The lowest BCUT2D eigenvalue weighted by molar-refractivity contribution is 0.0952. The Labute approximate surface area is 181 Å². The molecule has 0 aromatic heterocycles. The zero-order chi connectivity index (χ0) is 22.2. The number of carbonyl (C=O) groups is 3. The van der Waals surface area contributed by atoms with Crippen molar-refractivity contribution in [2.24, 2.45) is 11.5 Å². The molecular formula is C25H25N3O3. The Balaban J connectivity index is 1.74. The molecule has 158 valence electrons. The van der Waals surface area contributed by atoms with E-state index in [0.29, 0.717) is 28.8 Å². The van der Waals surface area contributed by atoms with Gasteiger partial charge in [0.25, 0.3) is 5.91 Å². The molecule has 3 aromatic rings. The first-order chi connectivity index (χ1) is 15.0. The predicted octanol–water partition coefficient (Wildman–Crippen LogP) is 3.30. The molecule has 3 aromatic carbocycles. The third-order valence-electron chi connectivity index (χ3n) is 5.03. The summed E-state index contributed by atoms with van der Waals surface area (Å²) in [5.74, 6) is -1.48. The molecule has 5 N–H and O–H groups in total. The summed E-state index contributed by atoms with van der Waals surface area (Å²) < 4.78 is 0. The fourth-order valence-corrected chi connectivity index (χ4v) is 3.37. The van der Waals surface area contributed by atoms with E-state index < -0.39 is 11.8 Å². The molecule has 0 bridgehead atoms. The largest absolute Gasteiger partial charge is 0.366 e. The number of amides is 3. The van der Waals surface area contributed by atoms with Crippen LogP contribution in [0.3, 0.4) is 0 Å². The van der Waals surface area contributed by atoms with Crippen LogP contribution in [0.15, 0.2) is 72.8 Å². The van der Waals surface area contributed by atoms with Crippen molar-refractivity contribution in [2.75, 3.05) is 6.54 Å². The van der Waals surface area contributed by atoms with E-state index in [1.807, 2.05) is 18.2 Å². The van der Waals surface area contributed by atoms with Gasteiger partial charge in [0.1, 0.15) is 0 Å². The van der Waals surface area contributed by atoms with E-state index in [2.05, 4.69) is 17.4 Å². The van der Waals surface area contributed by atoms with Gasteiger partial charge < -0.3 is 16.8 Å². The van der Waals surface area contributed by atoms with Crippen molar-refractivity contribution in [2.45, 2.75) is 19.3 Å². The third kappa shape index (κ3) is 5.79. The van der Waals surface area contributed by atoms with Gasteiger partial charge in [0, 0.05) is 23.2 Å². The monoisotopic (exact) mass is 415 g/mol. The van der Waals surface area contributed by atoms with Crippen LogP contribution in [0, 0.1) is 0 Å². The number of hydrogen-bond donors (Lipinski definition) is 3. The highest BCUT2D eigenvalue weighted by atomic mass is 16.2. The van der Waals surface area contributed by atoms with Crippen LogP contribution in [0.25, 0.3) is 11.1 Å². The number of nitrogens with one attached hydrogen (secondary N) is 1. The van der Waals surface area contributed by atoms with Crippen molar-refractivity contribution in [3.05, 3.63) is 95.1 Å². The average molecular weight is 415 g/mol. The molecule has 0 radical (unpaired) electrons. The van der Waals surface area contributed by atoms with E-state index in [9.17, 15) is 14.4 Å². The number of benzene rings is 3. The average Bonchev–Trinajstić information content (AvgIpc) is 2.79. The molecule has 6 nitrogen and oxygen atoms in total. The van der Waals surface area contributed by atoms with Gasteiger partial charge in [0.15, 0.2) is 0 Å². The second kappa shape index (κ2) is 10.2. The summed E-state index contributed by atoms with van der Waals surface area (Å²) in [6.07, 6.45) is 2.71. The second-order valence-corrected chi connectivity index (χ2v) is 7.27. The molecule has 0 aliphatic rings. The van der Waals surface area contributed by atoms with Gasteiger partial charge in [-0.2, -0.15) is 0 Å². The first-order valence-electron chi connectivity index (χ1n) is 10.1. The Morgan fingerprint density at radius 1 is 0.742 bits per heavy atom. The summed E-state index contributed by atoms with van der Waals surface area (Å²) in [6, 6.07) is 21.6. The minimum absolute atomic E-state index is 0.240. The molecule has 0 unspecified atom stereocenters. The van der Waals surface area contributed by atoms with Gasteiger partial charge in [0.05, 0.1) is 0 Å². The number of unbranched alkanes of at least 4 members (excludes halogenated alkanes) is 1. The van der Waals surface area contributed by atoms with Gasteiger partial charge in [-0.15, -0.1) is 0 Å². The smallest absolute Gasteiger partial charge is 0.251 e. The Bertz CT molecular complexity index is 1090. The fourth-order valence-electron chi connectivity index (χ4n) is 3.37. The van der Waals surface area contributed by atoms with Gasteiger partial charge in [-0.1, -0.05) is 48.5 Å². The summed E-state index contributed by atoms with van der Waals surface area (Å²) in [4.78, 5) is 36.1. The first-order valence-corrected chi connectivity index (χ1v) is 10.1. The van der Waals surface area contributed by atoms with Crippen molar-refractivity contribution in [3.8, 4) is 11.1 Å². The molecule has 6 heteroatoms. The van der Waals surface area contributed by atoms with E-state index in [1.54, 1.807) is 36.4 Å². The van der Waals surface area contributed by atoms with E-state index in [0.717, 1.165) is 19.3 Å². The number of hydrogen-bond acceptors (Lipinski definition) is 3. The number of aryl methyl sites for hydroxylation is 1. The van der Waals surface area contributed by atoms with Crippen molar-refractivity contribution < 1.29 is 14.4 Å². The number of nitrogens with two attached hydrogens (primary N) is 2. The quantitative estimate of drug-likeness (QED) is 0.466. The number of rotatable bonds is 9.